The molecule has 5 N–H and O–H groups in total. The summed E-state index contributed by atoms with van der Waals surface area (Å²) >= 11 is 12.3. The Morgan fingerprint density at radius 3 is 2.38 bits per heavy atom. The lowest BCUT2D eigenvalue weighted by Crippen LogP contribution is -2.49. The van der Waals surface area contributed by atoms with Gasteiger partial charge in [-0.05, 0) is 78.8 Å². The third kappa shape index (κ3) is 5.66. The van der Waals surface area contributed by atoms with E-state index in [1.165, 1.54) is 30.3 Å². The maximum atomic E-state index is 15.0. The number of aliphatic hydroxyl groups excluding tert-OH is 2. The summed E-state index contributed by atoms with van der Waals surface area (Å²) in [4.78, 5) is 28.0. The van der Waals surface area contributed by atoms with Gasteiger partial charge in [-0.2, -0.15) is 0 Å². The number of nitrogens with one attached hydrogen (secondary N) is 3. The largest absolute Gasteiger partial charge is 0.390 e. The monoisotopic (exact) mass is 623 g/mol. The molecular formula is C31H37Cl2F2N3O4. The van der Waals surface area contributed by atoms with Crippen molar-refractivity contribution >= 4 is 40.7 Å². The van der Waals surface area contributed by atoms with Gasteiger partial charge in [0, 0.05) is 24.2 Å². The van der Waals surface area contributed by atoms with Crippen molar-refractivity contribution in [3.63, 3.8) is 0 Å². The predicted octanol–water partition coefficient (Wildman–Crippen LogP) is 5.05. The average Bonchev–Trinajstić information content (AvgIpc) is 3.50. The molecule has 0 unspecified atom stereocenters. The van der Waals surface area contributed by atoms with Crippen molar-refractivity contribution in [2.75, 3.05) is 11.9 Å². The highest BCUT2D eigenvalue weighted by Gasteiger charge is 2.66. The topological polar surface area (TPSA) is 111 Å². The van der Waals surface area contributed by atoms with E-state index in [1.54, 1.807) is 0 Å². The highest BCUT2D eigenvalue weighted by molar-refractivity contribution is 6.31. The summed E-state index contributed by atoms with van der Waals surface area (Å²) in [6.45, 7) is 6.41. The molecule has 6 atom stereocenters. The van der Waals surface area contributed by atoms with Crippen LogP contribution in [0.5, 0.6) is 0 Å². The van der Waals surface area contributed by atoms with Crippen molar-refractivity contribution in [3.8, 4) is 0 Å². The van der Waals surface area contributed by atoms with Crippen LogP contribution in [0.25, 0.3) is 0 Å². The van der Waals surface area contributed by atoms with Gasteiger partial charge in [-0.25, -0.2) is 8.78 Å². The second-order valence-electron chi connectivity index (χ2n) is 13.2. The summed E-state index contributed by atoms with van der Waals surface area (Å²) in [6, 6.07) is 5.28. The number of hydrogen-bond donors (Lipinski definition) is 5. The number of aliphatic hydroxyl groups is 2. The van der Waals surface area contributed by atoms with E-state index in [9.17, 15) is 24.2 Å². The van der Waals surface area contributed by atoms with Crippen molar-refractivity contribution in [3.05, 3.63) is 63.1 Å². The number of hydrogen-bond acceptors (Lipinski definition) is 5. The van der Waals surface area contributed by atoms with Gasteiger partial charge in [0.1, 0.15) is 17.0 Å². The van der Waals surface area contributed by atoms with E-state index in [0.29, 0.717) is 49.0 Å². The second-order valence-corrected chi connectivity index (χ2v) is 14.0. The summed E-state index contributed by atoms with van der Waals surface area (Å²) in [7, 11) is 0. The van der Waals surface area contributed by atoms with Gasteiger partial charge in [0.05, 0.1) is 28.3 Å². The molecule has 2 aliphatic heterocycles. The summed E-state index contributed by atoms with van der Waals surface area (Å²) < 4.78 is 29.3. The highest BCUT2D eigenvalue weighted by Crippen LogP contribution is 2.57. The first-order valence-corrected chi connectivity index (χ1v) is 15.1. The van der Waals surface area contributed by atoms with E-state index in [4.69, 9.17) is 23.2 Å². The zero-order chi connectivity index (χ0) is 30.6. The molecule has 7 nitrogen and oxygen atoms in total. The van der Waals surface area contributed by atoms with Gasteiger partial charge in [0.15, 0.2) is 0 Å². The molecule has 2 heterocycles. The maximum absolute atomic E-state index is 15.0. The first kappa shape index (κ1) is 31.1. The van der Waals surface area contributed by atoms with Crippen LogP contribution in [-0.2, 0) is 15.0 Å². The van der Waals surface area contributed by atoms with Gasteiger partial charge in [-0.3, -0.25) is 9.59 Å². The first-order chi connectivity index (χ1) is 19.7. The van der Waals surface area contributed by atoms with E-state index in [-0.39, 0.29) is 27.3 Å². The minimum absolute atomic E-state index is 0.137. The minimum atomic E-state index is -1.42. The molecule has 228 valence electrons. The number of carbonyl (C=O) groups is 2. The predicted molar refractivity (Wildman–Crippen MR) is 158 cm³/mol. The lowest BCUT2D eigenvalue weighted by molar-refractivity contribution is -0.123. The molecule has 2 aromatic rings. The SMILES string of the molecule is CC(C)(C)C[C@H]1N[C@@H](C(=O)NCCCC2C[C@H](O)[C@@H](O)C2)[C@H](c2ccc(F)c(Cl)c2)[C@@]12C(=O)Nc1cc(Cl)c(F)cc12. The Balaban J connectivity index is 1.52. The molecular weight excluding hydrogens is 587 g/mol. The molecule has 1 spiro atoms. The van der Waals surface area contributed by atoms with Crippen LogP contribution < -0.4 is 16.0 Å². The van der Waals surface area contributed by atoms with Crippen LogP contribution >= 0.6 is 23.2 Å². The third-order valence-electron chi connectivity index (χ3n) is 8.97. The molecule has 42 heavy (non-hydrogen) atoms. The Kier molecular flexibility index (Phi) is 8.64. The molecule has 5 rings (SSSR count). The molecule has 11 heteroatoms. The fraction of sp³-hybridized carbons (Fsp3) is 0.548. The van der Waals surface area contributed by atoms with Gasteiger partial charge in [-0.15, -0.1) is 0 Å². The Morgan fingerprint density at radius 1 is 1.07 bits per heavy atom. The average molecular weight is 625 g/mol. The van der Waals surface area contributed by atoms with Crippen LogP contribution in [0, 0.1) is 23.0 Å². The smallest absolute Gasteiger partial charge is 0.237 e. The minimum Gasteiger partial charge on any atom is -0.390 e. The van der Waals surface area contributed by atoms with Crippen LogP contribution in [0.1, 0.15) is 69.9 Å². The van der Waals surface area contributed by atoms with Crippen LogP contribution in [-0.4, -0.2) is 52.9 Å². The number of benzene rings is 2. The molecule has 2 aromatic carbocycles. The fourth-order valence-electron chi connectivity index (χ4n) is 7.18. The highest BCUT2D eigenvalue weighted by atomic mass is 35.5. The van der Waals surface area contributed by atoms with Crippen molar-refractivity contribution in [1.82, 2.24) is 10.6 Å². The Morgan fingerprint density at radius 2 is 1.74 bits per heavy atom. The van der Waals surface area contributed by atoms with Gasteiger partial charge in [0.2, 0.25) is 11.8 Å². The third-order valence-corrected chi connectivity index (χ3v) is 9.55. The normalized spacial score (nSPS) is 29.3. The van der Waals surface area contributed by atoms with E-state index in [0.717, 1.165) is 6.42 Å². The Bertz CT molecular complexity index is 1380. The zero-order valence-electron chi connectivity index (χ0n) is 23.8. The second kappa shape index (κ2) is 11.7. The lowest BCUT2D eigenvalue weighted by atomic mass is 9.62. The summed E-state index contributed by atoms with van der Waals surface area (Å²) in [5, 5.41) is 28.7. The van der Waals surface area contributed by atoms with Gasteiger partial charge >= 0.3 is 0 Å². The van der Waals surface area contributed by atoms with Crippen molar-refractivity contribution < 1.29 is 28.6 Å². The molecule has 2 fully saturated rings. The Hall–Kier alpha value is -2.30. The quantitative estimate of drug-likeness (QED) is 0.277. The summed E-state index contributed by atoms with van der Waals surface area (Å²) in [5.74, 6) is -2.76. The van der Waals surface area contributed by atoms with Crippen LogP contribution in [0.2, 0.25) is 10.0 Å². The maximum Gasteiger partial charge on any atom is 0.237 e. The molecule has 3 aliphatic rings. The van der Waals surface area contributed by atoms with E-state index in [2.05, 4.69) is 16.0 Å². The standard InChI is InChI=1S/C31H37Cl2F2N3O4/c1-30(2,3)14-25-31(17-12-21(35)19(33)13-22(17)37-29(31)42)26(16-6-7-20(34)18(32)11-16)27(38-25)28(41)36-8-4-5-15-9-23(39)24(40)10-15/h6-7,11-13,15,23-27,38-40H,4-5,8-10,14H2,1-3H3,(H,36,41)(H,37,42)/t23-,24-,25+,26-,27+,31-/m0/s1. The molecule has 0 bridgehead atoms. The molecule has 0 radical (unpaired) electrons. The number of fused-ring (bicyclic) bond motifs is 2. The summed E-state index contributed by atoms with van der Waals surface area (Å²) in [5.41, 5.74) is -0.487. The van der Waals surface area contributed by atoms with Crippen molar-refractivity contribution in [2.24, 2.45) is 11.3 Å². The molecule has 1 aliphatic carbocycles. The van der Waals surface area contributed by atoms with Crippen LogP contribution in [0.15, 0.2) is 30.3 Å². The van der Waals surface area contributed by atoms with E-state index in [1.807, 2.05) is 20.8 Å². The molecule has 2 amide bonds. The Labute approximate surface area is 254 Å². The van der Waals surface area contributed by atoms with Crippen LogP contribution in [0.4, 0.5) is 14.5 Å². The summed E-state index contributed by atoms with van der Waals surface area (Å²) in [6.07, 6.45) is 1.46. The molecule has 1 saturated heterocycles. The van der Waals surface area contributed by atoms with E-state index < -0.39 is 53.2 Å². The molecule has 1 saturated carbocycles. The van der Waals surface area contributed by atoms with Crippen molar-refractivity contribution in [2.45, 2.75) is 88.5 Å². The van der Waals surface area contributed by atoms with Gasteiger partial charge in [0.25, 0.3) is 0 Å². The molecule has 0 aromatic heterocycles. The number of carbonyl (C=O) groups excluding carboxylic acids is 2. The van der Waals surface area contributed by atoms with Gasteiger partial charge in [-0.1, -0.05) is 50.0 Å². The number of halogens is 4. The van der Waals surface area contributed by atoms with Gasteiger partial charge < -0.3 is 26.2 Å². The van der Waals surface area contributed by atoms with E-state index >= 15 is 4.39 Å². The fourth-order valence-corrected chi connectivity index (χ4v) is 7.53. The first-order valence-electron chi connectivity index (χ1n) is 14.4. The lowest BCUT2D eigenvalue weighted by Gasteiger charge is -2.37. The zero-order valence-corrected chi connectivity index (χ0v) is 25.3. The number of anilines is 1. The van der Waals surface area contributed by atoms with Crippen molar-refractivity contribution in [1.29, 1.82) is 0 Å². The van der Waals surface area contributed by atoms with Crippen LogP contribution in [0.3, 0.4) is 0 Å². The number of rotatable bonds is 7. The number of amides is 2.